The zero-order valence-electron chi connectivity index (χ0n) is 17.5. The van der Waals surface area contributed by atoms with Crippen molar-refractivity contribution >= 4 is 23.2 Å². The van der Waals surface area contributed by atoms with E-state index < -0.39 is 23.7 Å². The van der Waals surface area contributed by atoms with Gasteiger partial charge in [-0.3, -0.25) is 9.59 Å². The van der Waals surface area contributed by atoms with Crippen LogP contribution in [-0.4, -0.2) is 29.3 Å². The monoisotopic (exact) mass is 444 g/mol. The maximum atomic E-state index is 13.2. The number of carbonyl (C=O) groups is 2. The van der Waals surface area contributed by atoms with E-state index in [9.17, 15) is 22.8 Å². The third-order valence-electron chi connectivity index (χ3n) is 5.96. The van der Waals surface area contributed by atoms with Gasteiger partial charge >= 0.3 is 6.18 Å². The van der Waals surface area contributed by atoms with Crippen LogP contribution in [0.3, 0.4) is 0 Å². The molecule has 1 saturated heterocycles. The quantitative estimate of drug-likeness (QED) is 0.598. The summed E-state index contributed by atoms with van der Waals surface area (Å²) in [6.45, 7) is 2.82. The molecule has 0 spiro atoms. The Bertz CT molecular complexity index is 1050. The molecule has 1 N–H and O–H groups in total. The Morgan fingerprint density at radius 2 is 1.91 bits per heavy atom. The van der Waals surface area contributed by atoms with Gasteiger partial charge in [0.25, 0.3) is 11.8 Å². The maximum absolute atomic E-state index is 13.2. The number of amides is 2. The molecule has 2 aliphatic rings. The lowest BCUT2D eigenvalue weighted by atomic mass is 9.99. The number of likely N-dealkylation sites (tertiary alicyclic amines) is 1. The van der Waals surface area contributed by atoms with Crippen molar-refractivity contribution in [1.29, 1.82) is 0 Å². The van der Waals surface area contributed by atoms with Crippen molar-refractivity contribution in [3.8, 4) is 0 Å². The fourth-order valence-electron chi connectivity index (χ4n) is 4.27. The van der Waals surface area contributed by atoms with Crippen LogP contribution in [0.15, 0.2) is 52.7 Å². The van der Waals surface area contributed by atoms with E-state index in [-0.39, 0.29) is 23.2 Å². The first kappa shape index (κ1) is 22.0. The minimum Gasteiger partial charge on any atom is -0.336 e. The number of nitrogens with zero attached hydrogens (tertiary/aromatic N) is 3. The number of carbonyl (C=O) groups excluding carboxylic acids is 2. The number of rotatable bonds is 4. The maximum Gasteiger partial charge on any atom is 0.418 e. The van der Waals surface area contributed by atoms with Crippen LogP contribution in [0.25, 0.3) is 0 Å². The van der Waals surface area contributed by atoms with E-state index in [1.54, 1.807) is 24.3 Å². The van der Waals surface area contributed by atoms with Gasteiger partial charge in [-0.25, -0.2) is 0 Å². The van der Waals surface area contributed by atoms with E-state index in [1.807, 2.05) is 4.90 Å². The van der Waals surface area contributed by atoms with Crippen LogP contribution in [0.2, 0.25) is 0 Å². The molecular formula is C23H23F3N4O2. The van der Waals surface area contributed by atoms with Gasteiger partial charge in [0.2, 0.25) is 0 Å². The molecule has 0 aromatic heterocycles. The Morgan fingerprint density at radius 1 is 1.16 bits per heavy atom. The second-order valence-corrected chi connectivity index (χ2v) is 7.98. The van der Waals surface area contributed by atoms with E-state index in [1.165, 1.54) is 12.1 Å². The third-order valence-corrected chi connectivity index (χ3v) is 5.96. The van der Waals surface area contributed by atoms with Gasteiger partial charge in [-0.15, -0.1) is 0 Å². The molecule has 9 heteroatoms. The minimum atomic E-state index is -4.59. The van der Waals surface area contributed by atoms with E-state index in [0.717, 1.165) is 38.3 Å². The van der Waals surface area contributed by atoms with Crippen LogP contribution in [0.4, 0.5) is 24.5 Å². The van der Waals surface area contributed by atoms with E-state index in [4.69, 9.17) is 0 Å². The van der Waals surface area contributed by atoms with Crippen molar-refractivity contribution in [3.05, 3.63) is 59.2 Å². The number of alkyl halides is 3. The molecule has 0 bridgehead atoms. The summed E-state index contributed by atoms with van der Waals surface area (Å²) in [7, 11) is 0. The van der Waals surface area contributed by atoms with Crippen molar-refractivity contribution in [2.75, 3.05) is 11.9 Å². The third kappa shape index (κ3) is 4.24. The minimum absolute atomic E-state index is 0.0242. The Hall–Kier alpha value is -3.23. The van der Waals surface area contributed by atoms with E-state index in [2.05, 4.69) is 22.5 Å². The zero-order valence-corrected chi connectivity index (χ0v) is 17.5. The van der Waals surface area contributed by atoms with Crippen LogP contribution in [-0.2, 0) is 11.0 Å². The van der Waals surface area contributed by atoms with Gasteiger partial charge < -0.3 is 10.2 Å². The molecule has 2 aromatic carbocycles. The highest BCUT2D eigenvalue weighted by atomic mass is 19.4. The van der Waals surface area contributed by atoms with Gasteiger partial charge in [0.1, 0.15) is 0 Å². The molecule has 32 heavy (non-hydrogen) atoms. The SMILES string of the molecule is CC[C@@H]1CCCCN1C(=O)c1ccc(N=N[C@H]2C(=O)Nc3c2cccc3C(F)(F)F)cc1. The molecule has 1 fully saturated rings. The molecule has 0 radical (unpaired) electrons. The number of anilines is 1. The molecule has 0 unspecified atom stereocenters. The number of azo groups is 1. The van der Waals surface area contributed by atoms with Crippen molar-refractivity contribution in [3.63, 3.8) is 0 Å². The standard InChI is InChI=1S/C23H23F3N4O2/c1-2-16-6-3-4-13-30(16)22(32)14-9-11-15(12-10-14)28-29-20-17-7-5-8-18(23(24,25)26)19(17)27-21(20)31/h5,7-12,16,20H,2-4,6,13H2,1H3,(H,27,31)/t16-,20-/m1/s1. The van der Waals surface area contributed by atoms with Gasteiger partial charge in [0.15, 0.2) is 6.04 Å². The second kappa shape index (κ2) is 8.72. The lowest BCUT2D eigenvalue weighted by molar-refractivity contribution is -0.136. The summed E-state index contributed by atoms with van der Waals surface area (Å²) in [6.07, 6.45) is -0.536. The molecule has 2 aliphatic heterocycles. The van der Waals surface area contributed by atoms with Crippen LogP contribution in [0.5, 0.6) is 0 Å². The largest absolute Gasteiger partial charge is 0.418 e. The summed E-state index contributed by atoms with van der Waals surface area (Å²) in [5, 5.41) is 10.3. The molecule has 2 heterocycles. The number of hydrogen-bond donors (Lipinski definition) is 1. The highest BCUT2D eigenvalue weighted by molar-refractivity contribution is 6.03. The first-order chi connectivity index (χ1) is 15.3. The average molecular weight is 444 g/mol. The van der Waals surface area contributed by atoms with Crippen molar-refractivity contribution in [2.45, 2.75) is 50.9 Å². The lowest BCUT2D eigenvalue weighted by Gasteiger charge is -2.35. The van der Waals surface area contributed by atoms with E-state index in [0.29, 0.717) is 11.3 Å². The highest BCUT2D eigenvalue weighted by Crippen LogP contribution is 2.43. The highest BCUT2D eigenvalue weighted by Gasteiger charge is 2.40. The lowest BCUT2D eigenvalue weighted by Crippen LogP contribution is -2.43. The topological polar surface area (TPSA) is 74.1 Å². The number of halogens is 3. The van der Waals surface area contributed by atoms with E-state index >= 15 is 0 Å². The van der Waals surface area contributed by atoms with Gasteiger partial charge in [0.05, 0.1) is 16.9 Å². The molecule has 2 amide bonds. The number of nitrogens with one attached hydrogen (secondary N) is 1. The number of hydrogen-bond acceptors (Lipinski definition) is 4. The molecule has 4 rings (SSSR count). The molecule has 0 saturated carbocycles. The zero-order chi connectivity index (χ0) is 22.9. The summed E-state index contributed by atoms with van der Waals surface area (Å²) in [5.41, 5.74) is -0.103. The van der Waals surface area contributed by atoms with Gasteiger partial charge in [0, 0.05) is 23.7 Å². The molecule has 0 aliphatic carbocycles. The van der Waals surface area contributed by atoms with Crippen molar-refractivity contribution in [1.82, 2.24) is 4.90 Å². The van der Waals surface area contributed by atoms with Crippen LogP contribution in [0.1, 0.15) is 60.1 Å². The molecule has 2 atom stereocenters. The van der Waals surface area contributed by atoms with Crippen molar-refractivity contribution in [2.24, 2.45) is 10.2 Å². The Morgan fingerprint density at radius 3 is 2.59 bits per heavy atom. The first-order valence-electron chi connectivity index (χ1n) is 10.6. The summed E-state index contributed by atoms with van der Waals surface area (Å²) in [5.74, 6) is -0.688. The summed E-state index contributed by atoms with van der Waals surface area (Å²) in [4.78, 5) is 27.0. The summed E-state index contributed by atoms with van der Waals surface area (Å²) in [6, 6.07) is 9.21. The van der Waals surface area contributed by atoms with Gasteiger partial charge in [-0.05, 0) is 56.0 Å². The van der Waals surface area contributed by atoms with Crippen molar-refractivity contribution < 1.29 is 22.8 Å². The number of para-hydroxylation sites is 1. The van der Waals surface area contributed by atoms with Crippen LogP contribution < -0.4 is 5.32 Å². The molecule has 2 aromatic rings. The molecule has 168 valence electrons. The Labute approximate surface area is 183 Å². The fourth-order valence-corrected chi connectivity index (χ4v) is 4.27. The first-order valence-corrected chi connectivity index (χ1v) is 10.6. The smallest absolute Gasteiger partial charge is 0.336 e. The predicted octanol–water partition coefficient (Wildman–Crippen LogP) is 5.89. The number of piperidine rings is 1. The van der Waals surface area contributed by atoms with Crippen LogP contribution >= 0.6 is 0 Å². The molecular weight excluding hydrogens is 421 g/mol. The summed E-state index contributed by atoms with van der Waals surface area (Å²) < 4.78 is 39.6. The fraction of sp³-hybridized carbons (Fsp3) is 0.391. The second-order valence-electron chi connectivity index (χ2n) is 7.98. The predicted molar refractivity (Wildman–Crippen MR) is 113 cm³/mol. The average Bonchev–Trinajstić information content (AvgIpc) is 3.11. The van der Waals surface area contributed by atoms with Gasteiger partial charge in [-0.2, -0.15) is 23.4 Å². The van der Waals surface area contributed by atoms with Crippen LogP contribution in [0, 0.1) is 0 Å². The normalized spacial score (nSPS) is 21.0. The molecule has 6 nitrogen and oxygen atoms in total. The summed E-state index contributed by atoms with van der Waals surface area (Å²) >= 11 is 0. The van der Waals surface area contributed by atoms with Gasteiger partial charge in [-0.1, -0.05) is 19.1 Å². The Kier molecular flexibility index (Phi) is 5.99. The number of benzene rings is 2. The number of fused-ring (bicyclic) bond motifs is 1. The Balaban J connectivity index is 1.51.